The Hall–Kier alpha value is -3.42. The van der Waals surface area contributed by atoms with E-state index in [1.54, 1.807) is 24.3 Å². The first-order valence-electron chi connectivity index (χ1n) is 10.0. The molecule has 1 fully saturated rings. The van der Waals surface area contributed by atoms with Crippen LogP contribution in [0.5, 0.6) is 0 Å². The summed E-state index contributed by atoms with van der Waals surface area (Å²) in [5.41, 5.74) is 1.60. The largest absolute Gasteiger partial charge is 0.350 e. The molecule has 8 heteroatoms. The van der Waals surface area contributed by atoms with E-state index in [9.17, 15) is 18.8 Å². The van der Waals surface area contributed by atoms with Gasteiger partial charge in [-0.15, -0.1) is 0 Å². The van der Waals surface area contributed by atoms with Gasteiger partial charge < -0.3 is 21.3 Å². The van der Waals surface area contributed by atoms with Gasteiger partial charge in [0.05, 0.1) is 0 Å². The van der Waals surface area contributed by atoms with Gasteiger partial charge in [0, 0.05) is 35.9 Å². The topological polar surface area (TPSA) is 99.3 Å². The number of halogens is 1. The van der Waals surface area contributed by atoms with Crippen LogP contribution >= 0.6 is 0 Å². The molecule has 4 N–H and O–H groups in total. The monoisotopic (exact) mass is 412 g/mol. The molecule has 0 saturated heterocycles. The van der Waals surface area contributed by atoms with Crippen molar-refractivity contribution in [1.82, 2.24) is 10.6 Å². The maximum Gasteiger partial charge on any atom is 0.319 e. The quantitative estimate of drug-likeness (QED) is 0.524. The fraction of sp³-hybridized carbons (Fsp3) is 0.318. The van der Waals surface area contributed by atoms with Crippen LogP contribution < -0.4 is 21.3 Å². The van der Waals surface area contributed by atoms with Crippen LogP contribution in [0.15, 0.2) is 48.5 Å². The van der Waals surface area contributed by atoms with Gasteiger partial charge >= 0.3 is 6.03 Å². The van der Waals surface area contributed by atoms with Crippen LogP contribution in [0.3, 0.4) is 0 Å². The van der Waals surface area contributed by atoms with Crippen molar-refractivity contribution in [3.05, 3.63) is 59.9 Å². The van der Waals surface area contributed by atoms with Gasteiger partial charge in [0.1, 0.15) is 5.82 Å². The van der Waals surface area contributed by atoms with Gasteiger partial charge in [-0.05, 0) is 61.4 Å². The van der Waals surface area contributed by atoms with Gasteiger partial charge in [0.2, 0.25) is 5.91 Å². The molecule has 2 aromatic carbocycles. The van der Waals surface area contributed by atoms with Gasteiger partial charge in [-0.1, -0.05) is 12.8 Å². The molecule has 1 saturated carbocycles. The third kappa shape index (κ3) is 6.30. The lowest BCUT2D eigenvalue weighted by Gasteiger charge is -2.11. The lowest BCUT2D eigenvalue weighted by molar-refractivity contribution is -0.119. The average molecular weight is 412 g/mol. The van der Waals surface area contributed by atoms with Gasteiger partial charge in [-0.25, -0.2) is 9.18 Å². The van der Waals surface area contributed by atoms with Crippen molar-refractivity contribution in [2.24, 2.45) is 5.92 Å². The third-order valence-corrected chi connectivity index (χ3v) is 4.94. The zero-order chi connectivity index (χ0) is 21.3. The Labute approximate surface area is 174 Å². The standard InChI is InChI=1S/C22H25FN4O3/c23-17-7-11-19(12-8-17)27-22(30)25-14-13-24-20(28)16-5-9-18(10-6-16)26-21(29)15-3-1-2-4-15/h5-12,15H,1-4,13-14H2,(H,24,28)(H,26,29)(H2,25,27,30). The molecule has 0 radical (unpaired) electrons. The number of carbonyl (C=O) groups excluding carboxylic acids is 3. The molecule has 4 amide bonds. The van der Waals surface area contributed by atoms with E-state index >= 15 is 0 Å². The smallest absolute Gasteiger partial charge is 0.319 e. The Bertz CT molecular complexity index is 878. The number of anilines is 2. The second-order valence-corrected chi connectivity index (χ2v) is 7.19. The summed E-state index contributed by atoms with van der Waals surface area (Å²) in [6.45, 7) is 0.476. The molecular weight excluding hydrogens is 387 g/mol. The number of nitrogens with one attached hydrogen (secondary N) is 4. The zero-order valence-electron chi connectivity index (χ0n) is 16.5. The Kier molecular flexibility index (Phi) is 7.37. The SMILES string of the molecule is O=C(NCCNC(=O)c1ccc(NC(=O)C2CCCC2)cc1)Nc1ccc(F)cc1. The van der Waals surface area contributed by atoms with Crippen molar-refractivity contribution >= 4 is 29.2 Å². The first-order valence-corrected chi connectivity index (χ1v) is 10.0. The molecule has 1 aliphatic carbocycles. The van der Waals surface area contributed by atoms with Gasteiger partial charge in [0.15, 0.2) is 0 Å². The lowest BCUT2D eigenvalue weighted by Crippen LogP contribution is -2.36. The minimum absolute atomic E-state index is 0.0367. The third-order valence-electron chi connectivity index (χ3n) is 4.94. The molecule has 0 bridgehead atoms. The highest BCUT2D eigenvalue weighted by atomic mass is 19.1. The van der Waals surface area contributed by atoms with Crippen LogP contribution in [0, 0.1) is 11.7 Å². The number of carbonyl (C=O) groups is 3. The molecule has 7 nitrogen and oxygen atoms in total. The van der Waals surface area contributed by atoms with Crippen LogP contribution in [-0.2, 0) is 4.79 Å². The Morgan fingerprint density at radius 3 is 2.03 bits per heavy atom. The fourth-order valence-electron chi connectivity index (χ4n) is 3.30. The molecule has 0 aromatic heterocycles. The van der Waals surface area contributed by atoms with Crippen LogP contribution in [-0.4, -0.2) is 30.9 Å². The number of urea groups is 1. The molecule has 0 unspecified atom stereocenters. The number of rotatable bonds is 7. The molecule has 0 spiro atoms. The summed E-state index contributed by atoms with van der Waals surface area (Å²) in [4.78, 5) is 36.1. The molecule has 30 heavy (non-hydrogen) atoms. The Morgan fingerprint density at radius 1 is 0.800 bits per heavy atom. The summed E-state index contributed by atoms with van der Waals surface area (Å²) in [5, 5.41) is 10.8. The molecule has 158 valence electrons. The zero-order valence-corrected chi connectivity index (χ0v) is 16.5. The van der Waals surface area contributed by atoms with E-state index in [4.69, 9.17) is 0 Å². The van der Waals surface area contributed by atoms with Crippen molar-refractivity contribution in [2.45, 2.75) is 25.7 Å². The van der Waals surface area contributed by atoms with E-state index in [1.165, 1.54) is 24.3 Å². The van der Waals surface area contributed by atoms with Crippen LogP contribution in [0.4, 0.5) is 20.6 Å². The normalized spacial score (nSPS) is 13.5. The highest BCUT2D eigenvalue weighted by Crippen LogP contribution is 2.26. The Morgan fingerprint density at radius 2 is 1.37 bits per heavy atom. The van der Waals surface area contributed by atoms with E-state index in [0.29, 0.717) is 16.9 Å². The van der Waals surface area contributed by atoms with Gasteiger partial charge in [-0.3, -0.25) is 9.59 Å². The second kappa shape index (κ2) is 10.4. The fourth-order valence-corrected chi connectivity index (χ4v) is 3.30. The van der Waals surface area contributed by atoms with E-state index in [-0.39, 0.29) is 36.6 Å². The van der Waals surface area contributed by atoms with Crippen molar-refractivity contribution in [3.8, 4) is 0 Å². The molecule has 0 atom stereocenters. The summed E-state index contributed by atoms with van der Waals surface area (Å²) < 4.78 is 12.8. The van der Waals surface area contributed by atoms with Crippen LogP contribution in [0.2, 0.25) is 0 Å². The number of hydrogen-bond donors (Lipinski definition) is 4. The lowest BCUT2D eigenvalue weighted by atomic mass is 10.1. The summed E-state index contributed by atoms with van der Waals surface area (Å²) in [5.74, 6) is -0.535. The van der Waals surface area contributed by atoms with Gasteiger partial charge in [0.25, 0.3) is 5.91 Å². The van der Waals surface area contributed by atoms with E-state index in [1.807, 2.05) is 0 Å². The molecule has 0 heterocycles. The summed E-state index contributed by atoms with van der Waals surface area (Å²) in [6, 6.07) is 11.7. The second-order valence-electron chi connectivity index (χ2n) is 7.19. The van der Waals surface area contributed by atoms with Gasteiger partial charge in [-0.2, -0.15) is 0 Å². The number of amides is 4. The molecule has 2 aromatic rings. The number of benzene rings is 2. The highest BCUT2D eigenvalue weighted by molar-refractivity contribution is 5.96. The van der Waals surface area contributed by atoms with Crippen molar-refractivity contribution in [3.63, 3.8) is 0 Å². The average Bonchev–Trinajstić information content (AvgIpc) is 3.28. The Balaban J connectivity index is 1.36. The summed E-state index contributed by atoms with van der Waals surface area (Å²) >= 11 is 0. The summed E-state index contributed by atoms with van der Waals surface area (Å²) in [6.07, 6.45) is 4.06. The molecule has 0 aliphatic heterocycles. The number of hydrogen-bond acceptors (Lipinski definition) is 3. The molecule has 1 aliphatic rings. The van der Waals surface area contributed by atoms with E-state index in [2.05, 4.69) is 21.3 Å². The minimum Gasteiger partial charge on any atom is -0.350 e. The van der Waals surface area contributed by atoms with Crippen molar-refractivity contribution in [2.75, 3.05) is 23.7 Å². The maximum atomic E-state index is 12.8. The minimum atomic E-state index is -0.446. The van der Waals surface area contributed by atoms with Crippen molar-refractivity contribution in [1.29, 1.82) is 0 Å². The predicted molar refractivity (Wildman–Crippen MR) is 113 cm³/mol. The highest BCUT2D eigenvalue weighted by Gasteiger charge is 2.22. The van der Waals surface area contributed by atoms with Crippen molar-refractivity contribution < 1.29 is 18.8 Å². The van der Waals surface area contributed by atoms with Crippen LogP contribution in [0.25, 0.3) is 0 Å². The molecule has 3 rings (SSSR count). The summed E-state index contributed by atoms with van der Waals surface area (Å²) in [7, 11) is 0. The van der Waals surface area contributed by atoms with E-state index < -0.39 is 6.03 Å². The first kappa shape index (κ1) is 21.3. The molecular formula is C22H25FN4O3. The van der Waals surface area contributed by atoms with E-state index in [0.717, 1.165) is 25.7 Å². The maximum absolute atomic E-state index is 12.8. The first-order chi connectivity index (χ1) is 14.5. The van der Waals surface area contributed by atoms with Crippen LogP contribution in [0.1, 0.15) is 36.0 Å². The predicted octanol–water partition coefficient (Wildman–Crippen LogP) is 3.51.